The fraction of sp³-hybridized carbons (Fsp3) is 0.455. The molecular weight excluding hydrogens is 324 g/mol. The normalized spacial score (nSPS) is 24.5. The molecule has 0 heterocycles. The van der Waals surface area contributed by atoms with Crippen LogP contribution < -0.4 is 0 Å². The van der Waals surface area contributed by atoms with E-state index in [4.69, 9.17) is 20.4 Å². The lowest BCUT2D eigenvalue weighted by Gasteiger charge is -2.31. The molecule has 12 nitrogen and oxygen atoms in total. The van der Waals surface area contributed by atoms with Gasteiger partial charge in [-0.2, -0.15) is 0 Å². The van der Waals surface area contributed by atoms with E-state index in [1.54, 1.807) is 0 Å². The van der Waals surface area contributed by atoms with Gasteiger partial charge in [0.2, 0.25) is 0 Å². The van der Waals surface area contributed by atoms with Gasteiger partial charge in [-0.25, -0.2) is 0 Å². The van der Waals surface area contributed by atoms with Crippen molar-refractivity contribution in [1.29, 1.82) is 0 Å². The second-order valence-electron chi connectivity index (χ2n) is 4.93. The summed E-state index contributed by atoms with van der Waals surface area (Å²) in [5.41, 5.74) is -7.08. The van der Waals surface area contributed by atoms with Gasteiger partial charge in [0.05, 0.1) is 5.92 Å². The minimum absolute atomic E-state index is 1.51. The van der Waals surface area contributed by atoms with Gasteiger partial charge in [0, 0.05) is 0 Å². The Hall–Kier alpha value is -3.18. The average Bonchev–Trinajstić information content (AvgIpc) is 2.72. The zero-order valence-corrected chi connectivity index (χ0v) is 11.0. The van der Waals surface area contributed by atoms with Gasteiger partial charge in [-0.05, 0) is 6.42 Å². The first kappa shape index (κ1) is 17.9. The van der Waals surface area contributed by atoms with E-state index < -0.39 is 64.9 Å². The molecule has 1 aliphatic rings. The van der Waals surface area contributed by atoms with Crippen molar-refractivity contribution in [3.05, 3.63) is 0 Å². The predicted molar refractivity (Wildman–Crippen MR) is 62.3 cm³/mol. The summed E-state index contributed by atoms with van der Waals surface area (Å²) < 4.78 is 0. The largest absolute Gasteiger partial charge is 0.481 e. The SMILES string of the molecule is O=C(O)C1CC(C(=O)O)(C(=O)O)C(C(=O)O)C1(C(=O)O)C(=O)O. The minimum atomic E-state index is -3.66. The summed E-state index contributed by atoms with van der Waals surface area (Å²) in [5.74, 6) is -19.7. The molecular formula is C11H10O12. The van der Waals surface area contributed by atoms with Crippen molar-refractivity contribution in [2.45, 2.75) is 6.42 Å². The molecule has 2 unspecified atom stereocenters. The van der Waals surface area contributed by atoms with Crippen LogP contribution >= 0.6 is 0 Å². The van der Waals surface area contributed by atoms with Gasteiger partial charge in [0.25, 0.3) is 0 Å². The van der Waals surface area contributed by atoms with Crippen molar-refractivity contribution in [2.24, 2.45) is 22.7 Å². The van der Waals surface area contributed by atoms with Crippen LogP contribution in [0.5, 0.6) is 0 Å². The van der Waals surface area contributed by atoms with E-state index in [1.165, 1.54) is 0 Å². The quantitative estimate of drug-likeness (QED) is 0.293. The molecule has 0 spiro atoms. The highest BCUT2D eigenvalue weighted by Gasteiger charge is 2.80. The fourth-order valence-corrected chi connectivity index (χ4v) is 3.03. The number of rotatable bonds is 6. The molecule has 2 atom stereocenters. The summed E-state index contributed by atoms with van der Waals surface area (Å²) in [6, 6.07) is 0. The molecule has 0 aromatic heterocycles. The highest BCUT2D eigenvalue weighted by Crippen LogP contribution is 2.59. The first-order valence-electron chi connectivity index (χ1n) is 5.77. The molecule has 0 aliphatic heterocycles. The molecule has 23 heavy (non-hydrogen) atoms. The number of hydrogen-bond donors (Lipinski definition) is 6. The molecule has 0 saturated heterocycles. The van der Waals surface area contributed by atoms with Crippen molar-refractivity contribution in [3.63, 3.8) is 0 Å². The number of hydrogen-bond acceptors (Lipinski definition) is 6. The summed E-state index contributed by atoms with van der Waals surface area (Å²) in [5, 5.41) is 54.8. The smallest absolute Gasteiger partial charge is 0.322 e. The first-order valence-corrected chi connectivity index (χ1v) is 5.77. The lowest BCUT2D eigenvalue weighted by Crippen LogP contribution is -2.56. The van der Waals surface area contributed by atoms with Crippen LogP contribution in [0.1, 0.15) is 6.42 Å². The van der Waals surface area contributed by atoms with Crippen LogP contribution in [-0.4, -0.2) is 66.5 Å². The Bertz CT molecular complexity index is 603. The molecule has 1 saturated carbocycles. The van der Waals surface area contributed by atoms with E-state index >= 15 is 0 Å². The molecule has 126 valence electrons. The lowest BCUT2D eigenvalue weighted by atomic mass is 9.66. The van der Waals surface area contributed by atoms with Crippen LogP contribution in [-0.2, 0) is 28.8 Å². The van der Waals surface area contributed by atoms with Crippen LogP contribution in [0.3, 0.4) is 0 Å². The van der Waals surface area contributed by atoms with Crippen LogP contribution in [0, 0.1) is 22.7 Å². The van der Waals surface area contributed by atoms with Crippen molar-refractivity contribution in [3.8, 4) is 0 Å². The predicted octanol–water partition coefficient (Wildman–Crippen LogP) is -1.90. The zero-order chi connectivity index (χ0) is 18.3. The lowest BCUT2D eigenvalue weighted by molar-refractivity contribution is -0.188. The number of carboxylic acids is 6. The van der Waals surface area contributed by atoms with Crippen molar-refractivity contribution in [2.75, 3.05) is 0 Å². The highest BCUT2D eigenvalue weighted by atomic mass is 16.4. The molecule has 0 bridgehead atoms. The Balaban J connectivity index is 3.98. The zero-order valence-electron chi connectivity index (χ0n) is 11.0. The maximum absolute atomic E-state index is 11.4. The molecule has 6 N–H and O–H groups in total. The number of aliphatic carboxylic acids is 6. The van der Waals surface area contributed by atoms with Crippen LogP contribution in [0.25, 0.3) is 0 Å². The summed E-state index contributed by atoms with van der Waals surface area (Å²) in [6.07, 6.45) is -1.51. The Morgan fingerprint density at radius 2 is 1.04 bits per heavy atom. The molecule has 1 rings (SSSR count). The van der Waals surface area contributed by atoms with Gasteiger partial charge >= 0.3 is 35.8 Å². The van der Waals surface area contributed by atoms with Gasteiger partial charge in [-0.1, -0.05) is 0 Å². The third kappa shape index (κ3) is 1.98. The fourth-order valence-electron chi connectivity index (χ4n) is 3.03. The molecule has 12 heteroatoms. The van der Waals surface area contributed by atoms with E-state index in [9.17, 15) is 39.0 Å². The Labute approximate surface area is 125 Å². The third-order valence-corrected chi connectivity index (χ3v) is 4.04. The number of carbonyl (C=O) groups is 6. The molecule has 0 aromatic carbocycles. The van der Waals surface area contributed by atoms with E-state index in [1.807, 2.05) is 0 Å². The standard InChI is InChI=1S/C11H10O12/c12-4(13)2-1-10(6(16)17,7(18)19)3(5(14)15)11(2,8(20)21)9(22)23/h2-3H,1H2,(H,12,13)(H,14,15)(H,16,17)(H,18,19)(H,20,21)(H,22,23). The minimum Gasteiger partial charge on any atom is -0.481 e. The molecule has 0 amide bonds. The molecule has 0 aromatic rings. The molecule has 1 aliphatic carbocycles. The van der Waals surface area contributed by atoms with Crippen molar-refractivity contribution < 1.29 is 59.4 Å². The Morgan fingerprint density at radius 1 is 0.652 bits per heavy atom. The van der Waals surface area contributed by atoms with Crippen molar-refractivity contribution >= 4 is 35.8 Å². The van der Waals surface area contributed by atoms with Gasteiger partial charge in [0.1, 0.15) is 5.92 Å². The summed E-state index contributed by atoms with van der Waals surface area (Å²) in [7, 11) is 0. The maximum Gasteiger partial charge on any atom is 0.322 e. The monoisotopic (exact) mass is 334 g/mol. The average molecular weight is 334 g/mol. The maximum atomic E-state index is 11.4. The van der Waals surface area contributed by atoms with Gasteiger partial charge < -0.3 is 30.6 Å². The summed E-state index contributed by atoms with van der Waals surface area (Å²) in [4.78, 5) is 68.2. The number of carboxylic acid groups (broad SMARTS) is 6. The van der Waals surface area contributed by atoms with Crippen LogP contribution in [0.2, 0.25) is 0 Å². The Kier molecular flexibility index (Phi) is 4.06. The van der Waals surface area contributed by atoms with E-state index in [0.29, 0.717) is 0 Å². The van der Waals surface area contributed by atoms with E-state index in [0.717, 1.165) is 0 Å². The van der Waals surface area contributed by atoms with Crippen molar-refractivity contribution in [1.82, 2.24) is 0 Å². The third-order valence-electron chi connectivity index (χ3n) is 4.04. The van der Waals surface area contributed by atoms with Gasteiger partial charge in [-0.3, -0.25) is 28.8 Å². The first-order chi connectivity index (χ1) is 10.4. The molecule has 1 fully saturated rings. The highest BCUT2D eigenvalue weighted by molar-refractivity contribution is 6.13. The summed E-state index contributed by atoms with van der Waals surface area (Å²) >= 11 is 0. The second-order valence-corrected chi connectivity index (χ2v) is 4.93. The Morgan fingerprint density at radius 3 is 1.26 bits per heavy atom. The van der Waals surface area contributed by atoms with Gasteiger partial charge in [-0.15, -0.1) is 0 Å². The van der Waals surface area contributed by atoms with E-state index in [2.05, 4.69) is 0 Å². The van der Waals surface area contributed by atoms with Crippen LogP contribution in [0.15, 0.2) is 0 Å². The molecule has 0 radical (unpaired) electrons. The topological polar surface area (TPSA) is 224 Å². The van der Waals surface area contributed by atoms with Crippen LogP contribution in [0.4, 0.5) is 0 Å². The second kappa shape index (κ2) is 5.23. The van der Waals surface area contributed by atoms with Gasteiger partial charge in [0.15, 0.2) is 10.8 Å². The summed E-state index contributed by atoms with van der Waals surface area (Å²) in [6.45, 7) is 0. The van der Waals surface area contributed by atoms with E-state index in [-0.39, 0.29) is 0 Å².